The van der Waals surface area contributed by atoms with Crippen molar-refractivity contribution < 1.29 is 23.6 Å². The molecule has 0 unspecified atom stereocenters. The number of nitrogens with zero attached hydrogens (tertiary/aromatic N) is 2. The molecule has 2 aromatic carbocycles. The van der Waals surface area contributed by atoms with Crippen LogP contribution in [0.2, 0.25) is 0 Å². The van der Waals surface area contributed by atoms with Crippen LogP contribution in [0.5, 0.6) is 0 Å². The Labute approximate surface area is 196 Å². The molecule has 4 rings (SSSR count). The lowest BCUT2D eigenvalue weighted by Gasteiger charge is -2.28. The number of carbonyl (C=O) groups is 1. The van der Waals surface area contributed by atoms with E-state index < -0.39 is 16.5 Å². The van der Waals surface area contributed by atoms with Crippen LogP contribution in [0.15, 0.2) is 45.6 Å². The van der Waals surface area contributed by atoms with Crippen molar-refractivity contribution in [2.75, 3.05) is 31.2 Å². The molecule has 9 heteroatoms. The average Bonchev–Trinajstić information content (AvgIpc) is 2.81. The SMILES string of the molecule is Cc1cc2oc(=O)cc(COC(=O)c3ccc(N4CCOCC4)c([N+](=O)[O-])c3)c2cc1C(C)C. The van der Waals surface area contributed by atoms with Gasteiger partial charge in [-0.05, 0) is 48.2 Å². The first-order chi connectivity index (χ1) is 16.2. The van der Waals surface area contributed by atoms with Gasteiger partial charge in [-0.1, -0.05) is 13.8 Å². The largest absolute Gasteiger partial charge is 0.457 e. The number of hydrogen-bond donors (Lipinski definition) is 0. The fourth-order valence-electron chi connectivity index (χ4n) is 4.23. The highest BCUT2D eigenvalue weighted by Gasteiger charge is 2.24. The summed E-state index contributed by atoms with van der Waals surface area (Å²) in [5, 5.41) is 12.4. The summed E-state index contributed by atoms with van der Waals surface area (Å²) in [5.74, 6) is -0.452. The van der Waals surface area contributed by atoms with Crippen molar-refractivity contribution in [1.82, 2.24) is 0 Å². The van der Waals surface area contributed by atoms with Crippen LogP contribution in [0.25, 0.3) is 11.0 Å². The Morgan fingerprint density at radius 2 is 1.91 bits per heavy atom. The Morgan fingerprint density at radius 1 is 1.18 bits per heavy atom. The van der Waals surface area contributed by atoms with E-state index in [9.17, 15) is 19.7 Å². The lowest BCUT2D eigenvalue weighted by Crippen LogP contribution is -2.36. The predicted octanol–water partition coefficient (Wildman–Crippen LogP) is 4.33. The van der Waals surface area contributed by atoms with E-state index in [1.54, 1.807) is 6.07 Å². The van der Waals surface area contributed by atoms with Gasteiger partial charge in [0.25, 0.3) is 5.69 Å². The van der Waals surface area contributed by atoms with E-state index in [-0.39, 0.29) is 23.8 Å². The number of rotatable bonds is 6. The molecule has 0 atom stereocenters. The van der Waals surface area contributed by atoms with Crippen LogP contribution in [-0.4, -0.2) is 37.2 Å². The molecule has 9 nitrogen and oxygen atoms in total. The number of hydrogen-bond acceptors (Lipinski definition) is 8. The number of nitro groups is 1. The second-order valence-corrected chi connectivity index (χ2v) is 8.59. The minimum atomic E-state index is -0.714. The van der Waals surface area contributed by atoms with Crippen molar-refractivity contribution in [1.29, 1.82) is 0 Å². The molecule has 0 amide bonds. The first kappa shape index (κ1) is 23.4. The van der Waals surface area contributed by atoms with Crippen LogP contribution in [0.1, 0.15) is 46.8 Å². The highest BCUT2D eigenvalue weighted by Crippen LogP contribution is 2.31. The number of aryl methyl sites for hydroxylation is 1. The van der Waals surface area contributed by atoms with Crippen molar-refractivity contribution in [3.8, 4) is 0 Å². The maximum Gasteiger partial charge on any atom is 0.338 e. The number of morpholine rings is 1. The molecule has 0 aliphatic carbocycles. The van der Waals surface area contributed by atoms with Gasteiger partial charge in [-0.2, -0.15) is 0 Å². The standard InChI is InChI=1S/C25H26N2O7/c1-15(2)19-13-20-18(12-24(28)34-23(20)10-16(19)3)14-33-25(29)17-4-5-21(22(11-17)27(30)31)26-6-8-32-9-7-26/h4-5,10-13,15H,6-9,14H2,1-3H3. The summed E-state index contributed by atoms with van der Waals surface area (Å²) in [4.78, 5) is 37.8. The minimum absolute atomic E-state index is 0.0645. The van der Waals surface area contributed by atoms with Crippen molar-refractivity contribution in [3.63, 3.8) is 0 Å². The van der Waals surface area contributed by atoms with Gasteiger partial charge < -0.3 is 18.8 Å². The van der Waals surface area contributed by atoms with Crippen LogP contribution in [0.3, 0.4) is 0 Å². The lowest BCUT2D eigenvalue weighted by atomic mass is 9.95. The predicted molar refractivity (Wildman–Crippen MR) is 127 cm³/mol. The van der Waals surface area contributed by atoms with Gasteiger partial charge in [0.05, 0.1) is 23.7 Å². The quantitative estimate of drug-likeness (QED) is 0.228. The van der Waals surface area contributed by atoms with Crippen LogP contribution in [-0.2, 0) is 16.1 Å². The Bertz CT molecular complexity index is 1310. The third-order valence-corrected chi connectivity index (χ3v) is 5.96. The summed E-state index contributed by atoms with van der Waals surface area (Å²) in [6.45, 7) is 7.96. The number of carbonyl (C=O) groups excluding carboxylic acids is 1. The highest BCUT2D eigenvalue weighted by atomic mass is 16.6. The summed E-state index contributed by atoms with van der Waals surface area (Å²) in [6.07, 6.45) is 0. The molecule has 0 bridgehead atoms. The molecular formula is C25H26N2O7. The summed E-state index contributed by atoms with van der Waals surface area (Å²) in [7, 11) is 0. The molecule has 1 saturated heterocycles. The Kier molecular flexibility index (Phi) is 6.65. The fraction of sp³-hybridized carbons (Fsp3) is 0.360. The topological polar surface area (TPSA) is 112 Å². The molecule has 0 radical (unpaired) electrons. The van der Waals surface area contributed by atoms with E-state index in [4.69, 9.17) is 13.9 Å². The summed E-state index contributed by atoms with van der Waals surface area (Å²) in [5.41, 5.74) is 2.84. The van der Waals surface area contributed by atoms with Gasteiger partial charge in [-0.15, -0.1) is 0 Å². The molecule has 3 aromatic rings. The monoisotopic (exact) mass is 466 g/mol. The molecular weight excluding hydrogens is 440 g/mol. The average molecular weight is 466 g/mol. The van der Waals surface area contributed by atoms with Gasteiger partial charge in [-0.3, -0.25) is 10.1 Å². The number of ether oxygens (including phenoxy) is 2. The smallest absolute Gasteiger partial charge is 0.338 e. The Hall–Kier alpha value is -3.72. The second-order valence-electron chi connectivity index (χ2n) is 8.59. The molecule has 1 aliphatic rings. The zero-order valence-electron chi connectivity index (χ0n) is 19.3. The van der Waals surface area contributed by atoms with Gasteiger partial charge in [0.2, 0.25) is 0 Å². The Balaban J connectivity index is 1.60. The fourth-order valence-corrected chi connectivity index (χ4v) is 4.23. The first-order valence-corrected chi connectivity index (χ1v) is 11.1. The maximum absolute atomic E-state index is 12.8. The van der Waals surface area contributed by atoms with Gasteiger partial charge in [0, 0.05) is 36.2 Å². The minimum Gasteiger partial charge on any atom is -0.457 e. The molecule has 1 fully saturated rings. The normalized spacial score (nSPS) is 13.9. The van der Waals surface area contributed by atoms with Crippen LogP contribution >= 0.6 is 0 Å². The van der Waals surface area contributed by atoms with E-state index >= 15 is 0 Å². The van der Waals surface area contributed by atoms with Gasteiger partial charge >= 0.3 is 11.6 Å². The molecule has 1 aliphatic heterocycles. The Morgan fingerprint density at radius 3 is 2.59 bits per heavy atom. The zero-order chi connectivity index (χ0) is 24.4. The van der Waals surface area contributed by atoms with Gasteiger partial charge in [0.1, 0.15) is 17.9 Å². The highest BCUT2D eigenvalue weighted by molar-refractivity contribution is 5.92. The van der Waals surface area contributed by atoms with Crippen molar-refractivity contribution in [2.24, 2.45) is 0 Å². The molecule has 0 spiro atoms. The van der Waals surface area contributed by atoms with E-state index in [1.165, 1.54) is 18.2 Å². The number of nitro benzene ring substituents is 1. The number of anilines is 1. The van der Waals surface area contributed by atoms with E-state index in [2.05, 4.69) is 13.8 Å². The molecule has 34 heavy (non-hydrogen) atoms. The van der Waals surface area contributed by atoms with E-state index in [1.807, 2.05) is 24.0 Å². The number of esters is 1. The molecule has 178 valence electrons. The summed E-state index contributed by atoms with van der Waals surface area (Å²) >= 11 is 0. The maximum atomic E-state index is 12.8. The molecule has 1 aromatic heterocycles. The van der Waals surface area contributed by atoms with Crippen molar-refractivity contribution >= 4 is 28.3 Å². The van der Waals surface area contributed by atoms with Crippen molar-refractivity contribution in [2.45, 2.75) is 33.3 Å². The molecule has 2 heterocycles. The molecule has 0 saturated carbocycles. The van der Waals surface area contributed by atoms with Gasteiger partial charge in [-0.25, -0.2) is 9.59 Å². The third kappa shape index (κ3) is 4.79. The van der Waals surface area contributed by atoms with Crippen molar-refractivity contribution in [3.05, 3.63) is 79.2 Å². The summed E-state index contributed by atoms with van der Waals surface area (Å²) < 4.78 is 16.1. The van der Waals surface area contributed by atoms with Crippen LogP contribution < -0.4 is 10.5 Å². The lowest BCUT2D eigenvalue weighted by molar-refractivity contribution is -0.384. The third-order valence-electron chi connectivity index (χ3n) is 5.96. The summed E-state index contributed by atoms with van der Waals surface area (Å²) in [6, 6.07) is 9.36. The first-order valence-electron chi connectivity index (χ1n) is 11.1. The zero-order valence-corrected chi connectivity index (χ0v) is 19.3. The van der Waals surface area contributed by atoms with Crippen LogP contribution in [0.4, 0.5) is 11.4 Å². The molecule has 0 N–H and O–H groups in total. The second kappa shape index (κ2) is 9.64. The van der Waals surface area contributed by atoms with Crippen LogP contribution in [0, 0.1) is 17.0 Å². The van der Waals surface area contributed by atoms with E-state index in [0.29, 0.717) is 48.5 Å². The number of fused-ring (bicyclic) bond motifs is 1. The van der Waals surface area contributed by atoms with Gasteiger partial charge in [0.15, 0.2) is 0 Å². The number of benzene rings is 2. The van der Waals surface area contributed by atoms with E-state index in [0.717, 1.165) is 11.1 Å².